The zero-order chi connectivity index (χ0) is 12.9. The third-order valence-corrected chi connectivity index (χ3v) is 2.55. The summed E-state index contributed by atoms with van der Waals surface area (Å²) in [5, 5.41) is 0. The largest absolute Gasteiger partial charge is 0.433 e. The number of carbonyl (C=O) groups is 1. The Labute approximate surface area is 105 Å². The van der Waals surface area contributed by atoms with Crippen LogP contribution >= 0.6 is 0 Å². The zero-order valence-corrected chi connectivity index (χ0v) is 11.2. The number of hydrogen-bond acceptors (Lipinski definition) is 3. The van der Waals surface area contributed by atoms with Crippen molar-refractivity contribution in [3.8, 4) is 0 Å². The summed E-state index contributed by atoms with van der Waals surface area (Å²) >= 11 is 0. The molecule has 0 saturated heterocycles. The molecule has 0 aliphatic heterocycles. The van der Waals surface area contributed by atoms with E-state index in [4.69, 9.17) is 9.47 Å². The van der Waals surface area contributed by atoms with Gasteiger partial charge in [0.15, 0.2) is 6.29 Å². The summed E-state index contributed by atoms with van der Waals surface area (Å²) in [7, 11) is 0. The number of esters is 1. The van der Waals surface area contributed by atoms with Gasteiger partial charge in [-0.25, -0.2) is 4.79 Å². The van der Waals surface area contributed by atoms with Gasteiger partial charge in [-0.05, 0) is 13.3 Å². The van der Waals surface area contributed by atoms with Gasteiger partial charge in [-0.15, -0.1) is 0 Å². The fourth-order valence-corrected chi connectivity index (χ4v) is 1.55. The summed E-state index contributed by atoms with van der Waals surface area (Å²) in [5.41, 5.74) is 0. The van der Waals surface area contributed by atoms with E-state index in [1.54, 1.807) is 6.92 Å². The van der Waals surface area contributed by atoms with Crippen LogP contribution in [0, 0.1) is 0 Å². The van der Waals surface area contributed by atoms with Crippen molar-refractivity contribution in [3.05, 3.63) is 12.7 Å². The molecule has 0 aromatic heterocycles. The second-order valence-corrected chi connectivity index (χ2v) is 4.20. The molecule has 0 aliphatic carbocycles. The maximum absolute atomic E-state index is 10.8. The number of hydrogen-bond donors (Lipinski definition) is 0. The van der Waals surface area contributed by atoms with Crippen molar-refractivity contribution in [3.63, 3.8) is 0 Å². The first kappa shape index (κ1) is 16.2. The lowest BCUT2D eigenvalue weighted by molar-refractivity contribution is -0.168. The molecule has 0 amide bonds. The first-order chi connectivity index (χ1) is 8.20. The van der Waals surface area contributed by atoms with E-state index in [1.165, 1.54) is 38.5 Å². The third-order valence-electron chi connectivity index (χ3n) is 2.55. The van der Waals surface area contributed by atoms with Gasteiger partial charge in [-0.3, -0.25) is 0 Å². The summed E-state index contributed by atoms with van der Waals surface area (Å²) in [4.78, 5) is 10.8. The fourth-order valence-electron chi connectivity index (χ4n) is 1.55. The number of ether oxygens (including phenoxy) is 2. The van der Waals surface area contributed by atoms with Crippen molar-refractivity contribution in [1.82, 2.24) is 0 Å². The SMILES string of the molecule is C=CC(=O)OC(C)OCCCCCCCCC. The van der Waals surface area contributed by atoms with Gasteiger partial charge in [0.2, 0.25) is 0 Å². The molecule has 0 radical (unpaired) electrons. The minimum absolute atomic E-state index is 0.433. The number of rotatable bonds is 11. The highest BCUT2D eigenvalue weighted by Crippen LogP contribution is 2.07. The van der Waals surface area contributed by atoms with Gasteiger partial charge in [0.25, 0.3) is 0 Å². The first-order valence-electron chi connectivity index (χ1n) is 6.65. The molecule has 100 valence electrons. The average molecular weight is 242 g/mol. The van der Waals surface area contributed by atoms with E-state index >= 15 is 0 Å². The van der Waals surface area contributed by atoms with Crippen molar-refractivity contribution >= 4 is 5.97 Å². The molecule has 3 heteroatoms. The average Bonchev–Trinajstić information content (AvgIpc) is 2.32. The van der Waals surface area contributed by atoms with E-state index in [1.807, 2.05) is 0 Å². The Hall–Kier alpha value is -0.830. The third kappa shape index (κ3) is 11.4. The van der Waals surface area contributed by atoms with Crippen LogP contribution < -0.4 is 0 Å². The molecule has 0 N–H and O–H groups in total. The van der Waals surface area contributed by atoms with Crippen molar-refractivity contribution in [2.45, 2.75) is 65.1 Å². The molecular formula is C14H26O3. The Morgan fingerprint density at radius 2 is 1.76 bits per heavy atom. The number of unbranched alkanes of at least 4 members (excludes halogenated alkanes) is 6. The second kappa shape index (κ2) is 11.6. The van der Waals surface area contributed by atoms with Crippen molar-refractivity contribution < 1.29 is 14.3 Å². The molecule has 1 unspecified atom stereocenters. The van der Waals surface area contributed by atoms with E-state index in [0.717, 1.165) is 12.5 Å². The van der Waals surface area contributed by atoms with Crippen LogP contribution in [0.3, 0.4) is 0 Å². The Bertz CT molecular complexity index is 202. The minimum atomic E-state index is -0.472. The Balaban J connectivity index is 3.21. The summed E-state index contributed by atoms with van der Waals surface area (Å²) in [6.45, 7) is 7.93. The molecule has 0 rings (SSSR count). The van der Waals surface area contributed by atoms with E-state index in [2.05, 4.69) is 13.5 Å². The highest BCUT2D eigenvalue weighted by atomic mass is 16.7. The monoisotopic (exact) mass is 242 g/mol. The summed E-state index contributed by atoms with van der Waals surface area (Å²) in [5.74, 6) is -0.433. The van der Waals surface area contributed by atoms with Gasteiger partial charge >= 0.3 is 5.97 Å². The normalized spacial score (nSPS) is 12.1. The van der Waals surface area contributed by atoms with Gasteiger partial charge in [0.1, 0.15) is 0 Å². The first-order valence-corrected chi connectivity index (χ1v) is 6.65. The van der Waals surface area contributed by atoms with Crippen LogP contribution in [0.25, 0.3) is 0 Å². The van der Waals surface area contributed by atoms with Crippen LogP contribution in [0.4, 0.5) is 0 Å². The molecule has 0 spiro atoms. The standard InChI is InChI=1S/C14H26O3/c1-4-6-7-8-9-10-11-12-16-13(3)17-14(15)5-2/h5,13H,2,4,6-12H2,1,3H3. The van der Waals surface area contributed by atoms with Gasteiger partial charge in [0.05, 0.1) is 6.61 Å². The topological polar surface area (TPSA) is 35.5 Å². The minimum Gasteiger partial charge on any atom is -0.433 e. The van der Waals surface area contributed by atoms with Crippen LogP contribution in [0.1, 0.15) is 58.8 Å². The molecule has 0 aromatic rings. The zero-order valence-electron chi connectivity index (χ0n) is 11.2. The van der Waals surface area contributed by atoms with Crippen LogP contribution in [-0.2, 0) is 14.3 Å². The fraction of sp³-hybridized carbons (Fsp3) is 0.786. The Morgan fingerprint density at radius 3 is 2.35 bits per heavy atom. The summed E-state index contributed by atoms with van der Waals surface area (Å²) < 4.78 is 10.2. The highest BCUT2D eigenvalue weighted by molar-refractivity contribution is 5.81. The quantitative estimate of drug-likeness (QED) is 0.239. The number of carbonyl (C=O) groups excluding carboxylic acids is 1. The van der Waals surface area contributed by atoms with Gasteiger partial charge in [0, 0.05) is 6.08 Å². The molecule has 17 heavy (non-hydrogen) atoms. The van der Waals surface area contributed by atoms with Crippen LogP contribution in [-0.4, -0.2) is 18.9 Å². The lowest BCUT2D eigenvalue weighted by Crippen LogP contribution is -2.17. The highest BCUT2D eigenvalue weighted by Gasteiger charge is 2.05. The van der Waals surface area contributed by atoms with E-state index in [0.29, 0.717) is 6.61 Å². The molecule has 0 bridgehead atoms. The smallest absolute Gasteiger partial charge is 0.332 e. The van der Waals surface area contributed by atoms with Crippen molar-refractivity contribution in [1.29, 1.82) is 0 Å². The van der Waals surface area contributed by atoms with Gasteiger partial charge < -0.3 is 9.47 Å². The van der Waals surface area contributed by atoms with Crippen LogP contribution in [0.2, 0.25) is 0 Å². The van der Waals surface area contributed by atoms with Crippen LogP contribution in [0.15, 0.2) is 12.7 Å². The molecule has 1 atom stereocenters. The van der Waals surface area contributed by atoms with Gasteiger partial charge in [-0.2, -0.15) is 0 Å². The van der Waals surface area contributed by atoms with Crippen molar-refractivity contribution in [2.24, 2.45) is 0 Å². The van der Waals surface area contributed by atoms with E-state index in [-0.39, 0.29) is 0 Å². The summed E-state index contributed by atoms with van der Waals surface area (Å²) in [6, 6.07) is 0. The molecule has 0 aliphatic rings. The molecule has 0 heterocycles. The van der Waals surface area contributed by atoms with E-state index < -0.39 is 12.3 Å². The molecule has 0 fully saturated rings. The lowest BCUT2D eigenvalue weighted by Gasteiger charge is -2.12. The van der Waals surface area contributed by atoms with Crippen LogP contribution in [0.5, 0.6) is 0 Å². The Kier molecular flexibility index (Phi) is 11.1. The molecule has 3 nitrogen and oxygen atoms in total. The molecule has 0 aromatic carbocycles. The van der Waals surface area contributed by atoms with E-state index in [9.17, 15) is 4.79 Å². The Morgan fingerprint density at radius 1 is 1.18 bits per heavy atom. The summed E-state index contributed by atoms with van der Waals surface area (Å²) in [6.07, 6.45) is 9.44. The second-order valence-electron chi connectivity index (χ2n) is 4.20. The lowest BCUT2D eigenvalue weighted by atomic mass is 10.1. The maximum atomic E-state index is 10.8. The molecular weight excluding hydrogens is 216 g/mol. The van der Waals surface area contributed by atoms with Gasteiger partial charge in [-0.1, -0.05) is 52.0 Å². The maximum Gasteiger partial charge on any atom is 0.332 e. The predicted octanol–water partition coefficient (Wildman–Crippen LogP) is 3.83. The van der Waals surface area contributed by atoms with Crippen molar-refractivity contribution in [2.75, 3.05) is 6.61 Å². The predicted molar refractivity (Wildman–Crippen MR) is 69.7 cm³/mol. The molecule has 0 saturated carbocycles.